The van der Waals surface area contributed by atoms with Gasteiger partial charge in [0.05, 0.1) is 22.1 Å². The largest absolute Gasteiger partial charge is 0.365 e. The maximum Gasteiger partial charge on any atom is 0.0585 e. The van der Waals surface area contributed by atoms with Crippen molar-refractivity contribution >= 4 is 22.2 Å². The number of aryl methyl sites for hydroxylation is 1. The van der Waals surface area contributed by atoms with Gasteiger partial charge in [0, 0.05) is 41.9 Å². The van der Waals surface area contributed by atoms with Crippen molar-refractivity contribution < 1.29 is 0 Å². The van der Waals surface area contributed by atoms with Crippen LogP contribution < -0.4 is 10.3 Å². The zero-order valence-electron chi connectivity index (χ0n) is 21.7. The number of rotatable bonds is 1. The van der Waals surface area contributed by atoms with Crippen molar-refractivity contribution in [2.75, 3.05) is 11.9 Å². The Kier molecular flexibility index (Phi) is 4.84. The predicted molar refractivity (Wildman–Crippen MR) is 146 cm³/mol. The molecule has 0 saturated carbocycles. The number of hydrogen-bond acceptors (Lipinski definition) is 2. The molecule has 0 bridgehead atoms. The van der Waals surface area contributed by atoms with Gasteiger partial charge in [0.15, 0.2) is 0 Å². The lowest BCUT2D eigenvalue weighted by Crippen LogP contribution is -2.42. The van der Waals surface area contributed by atoms with E-state index in [0.29, 0.717) is 5.36 Å². The minimum atomic E-state index is -0.0415. The molecule has 0 radical (unpaired) electrons. The molecule has 2 aliphatic heterocycles. The van der Waals surface area contributed by atoms with Crippen molar-refractivity contribution in [1.82, 2.24) is 4.57 Å². The van der Waals surface area contributed by atoms with Crippen LogP contribution in [0.1, 0.15) is 52.7 Å². The van der Waals surface area contributed by atoms with Gasteiger partial charge in [0.25, 0.3) is 0 Å². The number of aromatic nitrogens is 1. The highest BCUT2D eigenvalue weighted by Gasteiger charge is 2.31. The molecular formula is C31H35N3. The van der Waals surface area contributed by atoms with E-state index in [1.807, 2.05) is 12.1 Å². The van der Waals surface area contributed by atoms with E-state index in [1.54, 1.807) is 0 Å². The average Bonchev–Trinajstić information content (AvgIpc) is 2.77. The summed E-state index contributed by atoms with van der Waals surface area (Å²) in [6.45, 7) is 13.5. The molecule has 0 amide bonds. The van der Waals surface area contributed by atoms with Gasteiger partial charge in [-0.1, -0.05) is 63.2 Å². The fraction of sp³-hybridized carbons (Fsp3) is 0.323. The first-order valence-electron chi connectivity index (χ1n) is 12.1. The number of likely N-dealkylation sites (N-methyl/N-ethyl adjacent to an activating group) is 1. The molecular weight excluding hydrogens is 414 g/mol. The second-order valence-electron chi connectivity index (χ2n) is 11.4. The number of anilines is 1. The van der Waals surface area contributed by atoms with Gasteiger partial charge in [0.2, 0.25) is 0 Å². The maximum atomic E-state index is 8.33. The monoisotopic (exact) mass is 449 g/mol. The zero-order valence-corrected chi connectivity index (χ0v) is 21.7. The van der Waals surface area contributed by atoms with Crippen molar-refractivity contribution in [3.8, 4) is 22.4 Å². The second-order valence-corrected chi connectivity index (χ2v) is 11.4. The Morgan fingerprint density at radius 1 is 0.853 bits per heavy atom. The van der Waals surface area contributed by atoms with Gasteiger partial charge in [0.1, 0.15) is 0 Å². The Morgan fingerprint density at radius 2 is 1.53 bits per heavy atom. The molecule has 0 aromatic heterocycles. The smallest absolute Gasteiger partial charge is 0.0585 e. The lowest BCUT2D eigenvalue weighted by Gasteiger charge is -2.41. The van der Waals surface area contributed by atoms with Gasteiger partial charge in [-0.2, -0.15) is 0 Å². The van der Waals surface area contributed by atoms with E-state index in [2.05, 4.69) is 114 Å². The minimum Gasteiger partial charge on any atom is -0.365 e. The highest BCUT2D eigenvalue weighted by atomic mass is 15.2. The lowest BCUT2D eigenvalue weighted by atomic mass is 9.83. The summed E-state index contributed by atoms with van der Waals surface area (Å²) in [5, 5.41) is 10.1. The number of benzene rings is 3. The van der Waals surface area contributed by atoms with E-state index in [9.17, 15) is 0 Å². The molecule has 1 N–H and O–H groups in total. The first kappa shape index (κ1) is 22.5. The van der Waals surface area contributed by atoms with E-state index in [0.717, 1.165) is 5.69 Å². The summed E-state index contributed by atoms with van der Waals surface area (Å²) < 4.78 is 2.29. The molecule has 34 heavy (non-hydrogen) atoms. The van der Waals surface area contributed by atoms with Gasteiger partial charge in [-0.3, -0.25) is 0 Å². The van der Waals surface area contributed by atoms with E-state index in [-0.39, 0.29) is 11.0 Å². The SMILES string of the molecule is CC1=CC(C)(C)N(C)c2ccc3c(-c4ccc(C(C)(C)C)cc4)c4ccc(=N)cc-4n(C)c3c21. The molecule has 1 aliphatic carbocycles. The topological polar surface area (TPSA) is 32.0 Å². The van der Waals surface area contributed by atoms with Crippen LogP contribution in [-0.2, 0) is 12.5 Å². The third-order valence-corrected chi connectivity index (χ3v) is 7.62. The van der Waals surface area contributed by atoms with Crippen LogP contribution in [0.4, 0.5) is 5.69 Å². The number of nitrogens with one attached hydrogen (secondary N) is 1. The van der Waals surface area contributed by atoms with Crippen LogP contribution in [-0.4, -0.2) is 17.2 Å². The summed E-state index contributed by atoms with van der Waals surface area (Å²) in [5.74, 6) is 0. The number of allylic oxidation sites excluding steroid dienone is 1. The summed E-state index contributed by atoms with van der Waals surface area (Å²) >= 11 is 0. The first-order chi connectivity index (χ1) is 15.9. The number of pyridine rings is 1. The maximum absolute atomic E-state index is 8.33. The molecule has 0 unspecified atom stereocenters. The predicted octanol–water partition coefficient (Wildman–Crippen LogP) is 7.36. The molecule has 0 spiro atoms. The number of nitrogens with zero attached hydrogens (tertiary/aromatic N) is 2. The van der Waals surface area contributed by atoms with E-state index in [4.69, 9.17) is 5.41 Å². The van der Waals surface area contributed by atoms with Crippen molar-refractivity contribution in [2.45, 2.75) is 52.5 Å². The number of fused-ring (bicyclic) bond motifs is 4. The van der Waals surface area contributed by atoms with Crippen molar-refractivity contribution in [1.29, 1.82) is 5.41 Å². The Bertz CT molecular complexity index is 1490. The first-order valence-corrected chi connectivity index (χ1v) is 12.1. The Hall–Kier alpha value is -3.33. The normalized spacial score (nSPS) is 15.5. The molecule has 2 aromatic carbocycles. The van der Waals surface area contributed by atoms with Crippen LogP contribution in [0.2, 0.25) is 0 Å². The molecule has 174 valence electrons. The van der Waals surface area contributed by atoms with Crippen LogP contribution in [0, 0.1) is 5.41 Å². The van der Waals surface area contributed by atoms with Crippen molar-refractivity contribution in [3.63, 3.8) is 0 Å². The van der Waals surface area contributed by atoms with Gasteiger partial charge in [-0.15, -0.1) is 0 Å². The van der Waals surface area contributed by atoms with Gasteiger partial charge < -0.3 is 14.9 Å². The van der Waals surface area contributed by atoms with E-state index < -0.39 is 0 Å². The Labute approximate surface area is 203 Å². The Balaban J connectivity index is 1.93. The highest BCUT2D eigenvalue weighted by molar-refractivity contribution is 6.09. The van der Waals surface area contributed by atoms with Gasteiger partial charge >= 0.3 is 0 Å². The number of hydrogen-bond donors (Lipinski definition) is 1. The second kappa shape index (κ2) is 7.33. The summed E-state index contributed by atoms with van der Waals surface area (Å²) in [4.78, 5) is 2.37. The van der Waals surface area contributed by atoms with Crippen LogP contribution in [0.25, 0.3) is 38.9 Å². The summed E-state index contributed by atoms with van der Waals surface area (Å²) in [7, 11) is 4.33. The molecule has 0 saturated heterocycles. The van der Waals surface area contributed by atoms with Crippen LogP contribution in [0.3, 0.4) is 0 Å². The van der Waals surface area contributed by atoms with E-state index >= 15 is 0 Å². The highest BCUT2D eigenvalue weighted by Crippen LogP contribution is 2.47. The summed E-state index contributed by atoms with van der Waals surface area (Å²) in [5.41, 5.74) is 11.2. The van der Waals surface area contributed by atoms with Crippen molar-refractivity contribution in [2.24, 2.45) is 7.05 Å². The molecule has 2 aromatic rings. The van der Waals surface area contributed by atoms with Crippen molar-refractivity contribution in [3.05, 3.63) is 77.2 Å². The van der Waals surface area contributed by atoms with Gasteiger partial charge in [-0.05, 0) is 61.1 Å². The molecule has 3 heteroatoms. The van der Waals surface area contributed by atoms with Gasteiger partial charge in [-0.25, -0.2) is 0 Å². The van der Waals surface area contributed by atoms with Crippen LogP contribution in [0.15, 0.2) is 60.7 Å². The summed E-state index contributed by atoms with van der Waals surface area (Å²) in [6.07, 6.45) is 2.37. The third-order valence-electron chi connectivity index (χ3n) is 7.62. The molecule has 5 rings (SSSR count). The third kappa shape index (κ3) is 3.29. The fourth-order valence-electron chi connectivity index (χ4n) is 5.54. The molecule has 3 nitrogen and oxygen atoms in total. The lowest BCUT2D eigenvalue weighted by molar-refractivity contribution is 0.590. The molecule has 3 aliphatic rings. The van der Waals surface area contributed by atoms with E-state index in [1.165, 1.54) is 50.0 Å². The molecule has 0 fully saturated rings. The zero-order chi connectivity index (χ0) is 24.6. The summed E-state index contributed by atoms with van der Waals surface area (Å²) in [6, 6.07) is 19.6. The van der Waals surface area contributed by atoms with Crippen LogP contribution in [0.5, 0.6) is 0 Å². The van der Waals surface area contributed by atoms with Crippen LogP contribution >= 0.6 is 0 Å². The fourth-order valence-corrected chi connectivity index (χ4v) is 5.54. The quantitative estimate of drug-likeness (QED) is 0.303. The minimum absolute atomic E-state index is 0.0415. The Morgan fingerprint density at radius 3 is 2.18 bits per heavy atom. The average molecular weight is 450 g/mol. The molecule has 2 heterocycles. The molecule has 0 atom stereocenters. The standard InChI is InChI=1S/C31H35N3/c1-19-18-31(5,6)34(8)25-16-15-24-28(20-9-11-21(12-10-20)30(2,3)4)23-14-13-22(32)17-26(23)33(7)29(24)27(19)25/h9-18,32H,1-8H3.